The van der Waals surface area contributed by atoms with Crippen LogP contribution >= 0.6 is 0 Å². The number of piperidine rings is 2. The van der Waals surface area contributed by atoms with Crippen molar-refractivity contribution in [1.82, 2.24) is 35.3 Å². The van der Waals surface area contributed by atoms with Crippen LogP contribution in [0.2, 0.25) is 0 Å². The molecule has 0 bridgehead atoms. The monoisotopic (exact) mass is 572 g/mol. The standard InChI is InChI=1S/C32H61N9/c1-27(2)39-20-10-29(11-21-39)33-15-24-38(25-16-34-30-12-22-40(23-13-30)28(3)4)26-17-36-32-35-14-9-31(37-32)41-18-7-5-6-8-19-41/h9,14,27-30,33-34H,5-8,10-13,15-26H2,1-4H3,(H,35,36,37). The summed E-state index contributed by atoms with van der Waals surface area (Å²) in [4.78, 5) is 19.7. The zero-order chi connectivity index (χ0) is 28.9. The molecule has 0 spiro atoms. The van der Waals surface area contributed by atoms with Crippen molar-refractivity contribution in [3.05, 3.63) is 12.3 Å². The molecule has 9 nitrogen and oxygen atoms in total. The molecule has 3 aliphatic heterocycles. The number of nitrogens with zero attached hydrogens (tertiary/aromatic N) is 6. The van der Waals surface area contributed by atoms with Gasteiger partial charge in [-0.15, -0.1) is 0 Å². The van der Waals surface area contributed by atoms with Crippen LogP contribution in [0.3, 0.4) is 0 Å². The van der Waals surface area contributed by atoms with Crippen LogP contribution in [0, 0.1) is 0 Å². The molecule has 0 amide bonds. The van der Waals surface area contributed by atoms with Crippen LogP contribution in [0.4, 0.5) is 11.8 Å². The highest BCUT2D eigenvalue weighted by Gasteiger charge is 2.22. The van der Waals surface area contributed by atoms with E-state index in [2.05, 4.69) is 74.3 Å². The smallest absolute Gasteiger partial charge is 0.224 e. The van der Waals surface area contributed by atoms with Crippen LogP contribution in [0.25, 0.3) is 0 Å². The largest absolute Gasteiger partial charge is 0.356 e. The van der Waals surface area contributed by atoms with E-state index in [0.717, 1.165) is 64.1 Å². The van der Waals surface area contributed by atoms with E-state index >= 15 is 0 Å². The van der Waals surface area contributed by atoms with E-state index < -0.39 is 0 Å². The molecular formula is C32H61N9. The van der Waals surface area contributed by atoms with Gasteiger partial charge in [0.2, 0.25) is 5.95 Å². The molecule has 0 aliphatic carbocycles. The van der Waals surface area contributed by atoms with E-state index in [4.69, 9.17) is 4.98 Å². The normalized spacial score (nSPS) is 20.8. The van der Waals surface area contributed by atoms with Crippen LogP contribution in [-0.4, -0.2) is 127 Å². The second-order valence-corrected chi connectivity index (χ2v) is 13.1. The summed E-state index contributed by atoms with van der Waals surface area (Å²) in [6.45, 7) is 22.5. The summed E-state index contributed by atoms with van der Waals surface area (Å²) in [5, 5.41) is 11.3. The Bertz CT molecular complexity index is 792. The summed E-state index contributed by atoms with van der Waals surface area (Å²) < 4.78 is 0. The maximum atomic E-state index is 4.87. The molecule has 4 rings (SSSR count). The first-order valence-corrected chi connectivity index (χ1v) is 17.0. The van der Waals surface area contributed by atoms with Gasteiger partial charge in [-0.2, -0.15) is 4.98 Å². The van der Waals surface area contributed by atoms with E-state index in [1.54, 1.807) is 0 Å². The van der Waals surface area contributed by atoms with E-state index in [1.165, 1.54) is 77.5 Å². The summed E-state index contributed by atoms with van der Waals surface area (Å²) in [5.74, 6) is 1.83. The van der Waals surface area contributed by atoms with Gasteiger partial charge < -0.3 is 30.7 Å². The summed E-state index contributed by atoms with van der Waals surface area (Å²) in [5.41, 5.74) is 0. The number of nitrogens with one attached hydrogen (secondary N) is 3. The van der Waals surface area contributed by atoms with Crippen LogP contribution in [0.1, 0.15) is 79.1 Å². The van der Waals surface area contributed by atoms with Gasteiger partial charge in [0.15, 0.2) is 0 Å². The minimum absolute atomic E-state index is 0.657. The SMILES string of the molecule is CC(C)N1CCC(NCCN(CCNc2nccc(N3CCCCCC3)n2)CCNC2CCN(C(C)C)CC2)CC1. The van der Waals surface area contributed by atoms with Gasteiger partial charge in [0.1, 0.15) is 5.82 Å². The van der Waals surface area contributed by atoms with Crippen molar-refractivity contribution in [2.45, 2.75) is 103 Å². The van der Waals surface area contributed by atoms with Gasteiger partial charge in [-0.3, -0.25) is 4.90 Å². The average molecular weight is 572 g/mol. The van der Waals surface area contributed by atoms with Crippen molar-refractivity contribution < 1.29 is 0 Å². The molecule has 0 unspecified atom stereocenters. The minimum atomic E-state index is 0.657. The van der Waals surface area contributed by atoms with E-state index in [9.17, 15) is 0 Å². The highest BCUT2D eigenvalue weighted by Crippen LogP contribution is 2.18. The second-order valence-electron chi connectivity index (χ2n) is 13.1. The third-order valence-electron chi connectivity index (χ3n) is 9.52. The molecule has 3 aliphatic rings. The summed E-state index contributed by atoms with van der Waals surface area (Å²) in [6.07, 6.45) is 12.2. The molecule has 3 saturated heterocycles. The van der Waals surface area contributed by atoms with Gasteiger partial charge in [-0.1, -0.05) is 12.8 Å². The third kappa shape index (κ3) is 11.2. The predicted molar refractivity (Wildman–Crippen MR) is 173 cm³/mol. The summed E-state index contributed by atoms with van der Waals surface area (Å²) in [7, 11) is 0. The number of rotatable bonds is 15. The number of hydrogen-bond donors (Lipinski definition) is 3. The number of hydrogen-bond acceptors (Lipinski definition) is 9. The zero-order valence-electron chi connectivity index (χ0n) is 26.8. The molecule has 1 aromatic rings. The third-order valence-corrected chi connectivity index (χ3v) is 9.52. The fourth-order valence-electron chi connectivity index (χ4n) is 6.67. The Morgan fingerprint density at radius 2 is 1.24 bits per heavy atom. The van der Waals surface area contributed by atoms with Crippen molar-refractivity contribution >= 4 is 11.8 Å². The molecule has 9 heteroatoms. The van der Waals surface area contributed by atoms with E-state index in [-0.39, 0.29) is 0 Å². The first-order chi connectivity index (χ1) is 20.0. The van der Waals surface area contributed by atoms with Gasteiger partial charge in [-0.25, -0.2) is 4.98 Å². The van der Waals surface area contributed by atoms with Crippen molar-refractivity contribution in [1.29, 1.82) is 0 Å². The van der Waals surface area contributed by atoms with Gasteiger partial charge in [0.25, 0.3) is 0 Å². The molecular weight excluding hydrogens is 510 g/mol. The minimum Gasteiger partial charge on any atom is -0.356 e. The predicted octanol–water partition coefficient (Wildman–Crippen LogP) is 3.50. The Morgan fingerprint density at radius 1 is 0.732 bits per heavy atom. The van der Waals surface area contributed by atoms with Gasteiger partial charge >= 0.3 is 0 Å². The topological polar surface area (TPSA) is 74.8 Å². The molecule has 0 radical (unpaired) electrons. The van der Waals surface area contributed by atoms with Crippen molar-refractivity contribution in [3.8, 4) is 0 Å². The highest BCUT2D eigenvalue weighted by molar-refractivity contribution is 5.42. The van der Waals surface area contributed by atoms with Gasteiger partial charge in [0, 0.05) is 82.7 Å². The molecule has 0 saturated carbocycles. The van der Waals surface area contributed by atoms with Crippen molar-refractivity contribution in [3.63, 3.8) is 0 Å². The molecule has 41 heavy (non-hydrogen) atoms. The molecule has 4 heterocycles. The van der Waals surface area contributed by atoms with E-state index in [1.807, 2.05) is 6.20 Å². The van der Waals surface area contributed by atoms with Gasteiger partial charge in [-0.05, 0) is 98.5 Å². The number of aromatic nitrogens is 2. The zero-order valence-corrected chi connectivity index (χ0v) is 26.8. The first kappa shape index (κ1) is 32.4. The van der Waals surface area contributed by atoms with Crippen LogP contribution in [0.5, 0.6) is 0 Å². The fraction of sp³-hybridized carbons (Fsp3) is 0.875. The summed E-state index contributed by atoms with van der Waals surface area (Å²) in [6, 6.07) is 4.71. The average Bonchev–Trinajstić information content (AvgIpc) is 3.27. The van der Waals surface area contributed by atoms with Crippen LogP contribution in [0.15, 0.2) is 12.3 Å². The van der Waals surface area contributed by atoms with Crippen molar-refractivity contribution in [2.24, 2.45) is 0 Å². The second kappa shape index (κ2) is 17.6. The Kier molecular flexibility index (Phi) is 13.9. The molecule has 234 valence electrons. The highest BCUT2D eigenvalue weighted by atomic mass is 15.2. The Balaban J connectivity index is 1.22. The van der Waals surface area contributed by atoms with Gasteiger partial charge in [0.05, 0.1) is 0 Å². The van der Waals surface area contributed by atoms with E-state index in [0.29, 0.717) is 24.2 Å². The lowest BCUT2D eigenvalue weighted by Crippen LogP contribution is -2.48. The lowest BCUT2D eigenvalue weighted by atomic mass is 10.0. The van der Waals surface area contributed by atoms with Crippen LogP contribution < -0.4 is 20.9 Å². The molecule has 1 aromatic heterocycles. The maximum Gasteiger partial charge on any atom is 0.224 e. The molecule has 3 N–H and O–H groups in total. The Morgan fingerprint density at radius 3 is 1.76 bits per heavy atom. The quantitative estimate of drug-likeness (QED) is 0.293. The summed E-state index contributed by atoms with van der Waals surface area (Å²) >= 11 is 0. The molecule has 3 fully saturated rings. The molecule has 0 aromatic carbocycles. The lowest BCUT2D eigenvalue weighted by molar-refractivity contribution is 0.156. The fourth-order valence-corrected chi connectivity index (χ4v) is 6.67. The van der Waals surface area contributed by atoms with Crippen LogP contribution in [-0.2, 0) is 0 Å². The number of anilines is 2. The number of likely N-dealkylation sites (tertiary alicyclic amines) is 2. The Hall–Kier alpha value is -1.52. The van der Waals surface area contributed by atoms with Crippen molar-refractivity contribution in [2.75, 3.05) is 88.8 Å². The Labute approximate surface area is 251 Å². The maximum absolute atomic E-state index is 4.87. The molecule has 0 atom stereocenters. The first-order valence-electron chi connectivity index (χ1n) is 17.0. The lowest BCUT2D eigenvalue weighted by Gasteiger charge is -2.36.